The van der Waals surface area contributed by atoms with E-state index in [0.717, 1.165) is 17.9 Å². The Morgan fingerprint density at radius 3 is 2.58 bits per heavy atom. The molecule has 0 bridgehead atoms. The molecule has 1 nitrogen and oxygen atoms in total. The van der Waals surface area contributed by atoms with Gasteiger partial charge in [0.25, 0.3) is 0 Å². The number of hydrogen-bond acceptors (Lipinski definition) is 1. The molecule has 0 saturated heterocycles. The minimum absolute atomic E-state index is 0.221. The summed E-state index contributed by atoms with van der Waals surface area (Å²) in [6.07, 6.45) is 8.37. The van der Waals surface area contributed by atoms with Gasteiger partial charge in [0.15, 0.2) is 5.78 Å². The van der Waals surface area contributed by atoms with Gasteiger partial charge in [0, 0.05) is 17.0 Å². The zero-order valence-electron chi connectivity index (χ0n) is 12.1. The number of rotatable bonds is 7. The fraction of sp³-hybridized carbons (Fsp3) is 0.588. The lowest BCUT2D eigenvalue weighted by Crippen LogP contribution is -1.98. The molecule has 0 aliphatic heterocycles. The molecule has 0 heterocycles. The van der Waals surface area contributed by atoms with Crippen molar-refractivity contribution in [1.82, 2.24) is 0 Å². The molecule has 0 atom stereocenters. The fourth-order valence-electron chi connectivity index (χ4n) is 2.11. The first-order valence-corrected chi connectivity index (χ1v) is 7.92. The summed E-state index contributed by atoms with van der Waals surface area (Å²) in [5, 5.41) is 0.643. The van der Waals surface area contributed by atoms with Gasteiger partial charge < -0.3 is 0 Å². The molecule has 0 spiro atoms. The Morgan fingerprint density at radius 1 is 1.21 bits per heavy atom. The van der Waals surface area contributed by atoms with Crippen LogP contribution in [-0.4, -0.2) is 5.78 Å². The molecule has 0 unspecified atom stereocenters. The molecule has 0 N–H and O–H groups in total. The van der Waals surface area contributed by atoms with Crippen LogP contribution >= 0.6 is 11.6 Å². The third-order valence-corrected chi connectivity index (χ3v) is 3.59. The molecule has 1 aliphatic rings. The highest BCUT2D eigenvalue weighted by atomic mass is 35.5. The molecule has 106 valence electrons. The van der Waals surface area contributed by atoms with Crippen molar-refractivity contribution in [2.45, 2.75) is 58.8 Å². The van der Waals surface area contributed by atoms with Crippen LogP contribution in [0, 0.1) is 5.92 Å². The van der Waals surface area contributed by atoms with E-state index >= 15 is 0 Å². The van der Waals surface area contributed by atoms with Crippen molar-refractivity contribution < 1.29 is 4.79 Å². The van der Waals surface area contributed by atoms with Crippen molar-refractivity contribution in [2.24, 2.45) is 5.92 Å². The second kappa shape index (κ2) is 9.14. The lowest BCUT2D eigenvalue weighted by Gasteiger charge is -2.02. The number of Topliss-reactive ketones (excluding diaryl/α,β-unsaturated/α-hetero) is 1. The van der Waals surface area contributed by atoms with Crippen molar-refractivity contribution in [2.75, 3.05) is 0 Å². The van der Waals surface area contributed by atoms with E-state index in [2.05, 4.69) is 0 Å². The minimum atomic E-state index is 0.221. The molecule has 1 aromatic rings. The smallest absolute Gasteiger partial charge is 0.162 e. The Balaban J connectivity index is 0.000000861. The molecule has 2 rings (SSSR count). The van der Waals surface area contributed by atoms with Crippen LogP contribution in [0.15, 0.2) is 24.3 Å². The average Bonchev–Trinajstić information content (AvgIpc) is 3.24. The van der Waals surface area contributed by atoms with Crippen molar-refractivity contribution >= 4 is 17.4 Å². The first kappa shape index (κ1) is 16.2. The highest BCUT2D eigenvalue weighted by molar-refractivity contribution is 6.31. The number of ketones is 1. The summed E-state index contributed by atoms with van der Waals surface area (Å²) in [6.45, 7) is 4.00. The molecule has 0 radical (unpaired) electrons. The zero-order chi connectivity index (χ0) is 14.1. The Labute approximate surface area is 122 Å². The van der Waals surface area contributed by atoms with Gasteiger partial charge in [-0.05, 0) is 24.5 Å². The van der Waals surface area contributed by atoms with E-state index in [1.54, 1.807) is 12.1 Å². The maximum absolute atomic E-state index is 11.8. The van der Waals surface area contributed by atoms with E-state index in [0.29, 0.717) is 11.4 Å². The number of carbonyl (C=O) groups is 1. The second-order valence-corrected chi connectivity index (χ2v) is 5.41. The van der Waals surface area contributed by atoms with E-state index in [9.17, 15) is 4.79 Å². The van der Waals surface area contributed by atoms with Crippen LogP contribution in [0.25, 0.3) is 0 Å². The molecule has 0 amide bonds. The van der Waals surface area contributed by atoms with Crippen molar-refractivity contribution in [3.8, 4) is 0 Å². The van der Waals surface area contributed by atoms with Gasteiger partial charge in [-0.15, -0.1) is 0 Å². The van der Waals surface area contributed by atoms with Crippen LogP contribution in [0.2, 0.25) is 5.02 Å². The van der Waals surface area contributed by atoms with Gasteiger partial charge in [-0.1, -0.05) is 69.7 Å². The molecular weight excluding hydrogens is 256 g/mol. The van der Waals surface area contributed by atoms with Crippen LogP contribution in [0.1, 0.15) is 69.2 Å². The maximum Gasteiger partial charge on any atom is 0.162 e. The standard InChI is InChI=1S/C15H19ClO.C2H6/c16-14-7-4-6-13(11-14)15(17)8-3-1-2-5-12-9-10-12;1-2/h4,6-7,11-12H,1-3,5,8-10H2;1-2H3. The monoisotopic (exact) mass is 280 g/mol. The van der Waals surface area contributed by atoms with Gasteiger partial charge in [0.2, 0.25) is 0 Å². The normalized spacial score (nSPS) is 13.6. The van der Waals surface area contributed by atoms with Crippen molar-refractivity contribution in [3.63, 3.8) is 0 Å². The third-order valence-electron chi connectivity index (χ3n) is 3.36. The number of benzene rings is 1. The molecule has 1 aromatic carbocycles. The highest BCUT2D eigenvalue weighted by Crippen LogP contribution is 2.34. The van der Waals surface area contributed by atoms with E-state index in [1.807, 2.05) is 26.0 Å². The topological polar surface area (TPSA) is 17.1 Å². The molecule has 1 saturated carbocycles. The first-order valence-electron chi connectivity index (χ1n) is 7.54. The van der Waals surface area contributed by atoms with E-state index in [1.165, 1.54) is 32.1 Å². The summed E-state index contributed by atoms with van der Waals surface area (Å²) in [7, 11) is 0. The third kappa shape index (κ3) is 6.77. The van der Waals surface area contributed by atoms with Crippen LogP contribution in [-0.2, 0) is 0 Å². The van der Waals surface area contributed by atoms with Crippen molar-refractivity contribution in [3.05, 3.63) is 34.9 Å². The van der Waals surface area contributed by atoms with Gasteiger partial charge in [0.1, 0.15) is 0 Å². The number of carbonyl (C=O) groups excluding carboxylic acids is 1. The van der Waals surface area contributed by atoms with Crippen LogP contribution in [0.5, 0.6) is 0 Å². The minimum Gasteiger partial charge on any atom is -0.294 e. The van der Waals surface area contributed by atoms with Gasteiger partial charge in [0.05, 0.1) is 0 Å². The fourth-order valence-corrected chi connectivity index (χ4v) is 2.30. The Hall–Kier alpha value is -0.820. The quantitative estimate of drug-likeness (QED) is 0.448. The lowest BCUT2D eigenvalue weighted by atomic mass is 10.0. The maximum atomic E-state index is 11.8. The molecule has 2 heteroatoms. The van der Waals surface area contributed by atoms with Crippen molar-refractivity contribution in [1.29, 1.82) is 0 Å². The average molecular weight is 281 g/mol. The zero-order valence-corrected chi connectivity index (χ0v) is 12.9. The predicted molar refractivity (Wildman–Crippen MR) is 82.9 cm³/mol. The van der Waals surface area contributed by atoms with Crippen LogP contribution < -0.4 is 0 Å². The van der Waals surface area contributed by atoms with Crippen LogP contribution in [0.3, 0.4) is 0 Å². The van der Waals surface area contributed by atoms with E-state index in [-0.39, 0.29) is 5.78 Å². The van der Waals surface area contributed by atoms with E-state index < -0.39 is 0 Å². The van der Waals surface area contributed by atoms with Gasteiger partial charge in [-0.2, -0.15) is 0 Å². The number of halogens is 1. The molecule has 19 heavy (non-hydrogen) atoms. The summed E-state index contributed by atoms with van der Waals surface area (Å²) >= 11 is 5.86. The summed E-state index contributed by atoms with van der Waals surface area (Å²) in [4.78, 5) is 11.8. The Bertz CT molecular complexity index is 383. The number of hydrogen-bond donors (Lipinski definition) is 0. The molecule has 1 aliphatic carbocycles. The second-order valence-electron chi connectivity index (χ2n) is 4.98. The summed E-state index contributed by atoms with van der Waals surface area (Å²) in [5.74, 6) is 1.23. The summed E-state index contributed by atoms with van der Waals surface area (Å²) < 4.78 is 0. The Morgan fingerprint density at radius 2 is 1.95 bits per heavy atom. The summed E-state index contributed by atoms with van der Waals surface area (Å²) in [6, 6.07) is 7.24. The van der Waals surface area contributed by atoms with Crippen LogP contribution in [0.4, 0.5) is 0 Å². The SMILES string of the molecule is CC.O=C(CCCCCC1CC1)c1cccc(Cl)c1. The van der Waals surface area contributed by atoms with Gasteiger partial charge in [-0.25, -0.2) is 0 Å². The van der Waals surface area contributed by atoms with E-state index in [4.69, 9.17) is 11.6 Å². The highest BCUT2D eigenvalue weighted by Gasteiger charge is 2.19. The molecular formula is C17H25ClO. The van der Waals surface area contributed by atoms with Gasteiger partial charge >= 0.3 is 0 Å². The predicted octanol–water partition coefficient (Wildman–Crippen LogP) is 5.91. The first-order chi connectivity index (χ1) is 9.25. The molecule has 0 aromatic heterocycles. The molecule has 1 fully saturated rings. The van der Waals surface area contributed by atoms with Gasteiger partial charge in [-0.3, -0.25) is 4.79 Å². The number of unbranched alkanes of at least 4 members (excludes halogenated alkanes) is 2. The summed E-state index contributed by atoms with van der Waals surface area (Å²) in [5.41, 5.74) is 0.750. The Kier molecular flexibility index (Phi) is 7.81. The lowest BCUT2D eigenvalue weighted by molar-refractivity contribution is 0.0979. The largest absolute Gasteiger partial charge is 0.294 e.